The maximum Gasteiger partial charge on any atom is 0.308 e. The molecule has 1 saturated heterocycles. The lowest BCUT2D eigenvalue weighted by Gasteiger charge is -2.30. The van der Waals surface area contributed by atoms with Crippen molar-refractivity contribution in [2.24, 2.45) is 5.92 Å². The number of hydrogen-bond donors (Lipinski definition) is 1. The van der Waals surface area contributed by atoms with Gasteiger partial charge in [0.1, 0.15) is 0 Å². The highest BCUT2D eigenvalue weighted by molar-refractivity contribution is 5.72. The van der Waals surface area contributed by atoms with Gasteiger partial charge in [-0.2, -0.15) is 0 Å². The predicted octanol–water partition coefficient (Wildman–Crippen LogP) is 1.05. The van der Waals surface area contributed by atoms with E-state index in [4.69, 9.17) is 10.5 Å². The summed E-state index contributed by atoms with van der Waals surface area (Å²) in [6.07, 6.45) is 5.15. The third-order valence-corrected chi connectivity index (χ3v) is 3.46. The molecule has 0 aliphatic carbocycles. The third-order valence-electron chi connectivity index (χ3n) is 3.46. The zero-order valence-corrected chi connectivity index (χ0v) is 10.6. The molecular weight excluding hydrogens is 230 g/mol. The number of methoxy groups -OCH3 is 1. The fourth-order valence-corrected chi connectivity index (χ4v) is 2.31. The van der Waals surface area contributed by atoms with Crippen LogP contribution < -0.4 is 5.73 Å². The van der Waals surface area contributed by atoms with E-state index in [1.54, 1.807) is 12.4 Å². The number of anilines is 1. The van der Waals surface area contributed by atoms with Crippen LogP contribution in [0.2, 0.25) is 0 Å². The molecular formula is C13H19N3O2. The van der Waals surface area contributed by atoms with Gasteiger partial charge in [0.2, 0.25) is 0 Å². The molecule has 1 fully saturated rings. The van der Waals surface area contributed by atoms with Crippen LogP contribution in [0, 0.1) is 5.92 Å². The number of nitrogens with two attached hydrogens (primary N) is 1. The molecule has 0 radical (unpaired) electrons. The number of carbonyl (C=O) groups excluding carboxylic acids is 1. The van der Waals surface area contributed by atoms with Crippen molar-refractivity contribution in [2.45, 2.75) is 19.4 Å². The third kappa shape index (κ3) is 2.98. The quantitative estimate of drug-likeness (QED) is 0.811. The van der Waals surface area contributed by atoms with Gasteiger partial charge in [-0.25, -0.2) is 0 Å². The zero-order chi connectivity index (χ0) is 13.0. The van der Waals surface area contributed by atoms with Gasteiger partial charge in [0.15, 0.2) is 0 Å². The molecule has 0 amide bonds. The van der Waals surface area contributed by atoms with E-state index in [0.717, 1.165) is 43.7 Å². The van der Waals surface area contributed by atoms with Crippen molar-refractivity contribution in [1.82, 2.24) is 9.88 Å². The first-order valence-corrected chi connectivity index (χ1v) is 6.19. The Morgan fingerprint density at radius 2 is 2.28 bits per heavy atom. The first kappa shape index (κ1) is 12.8. The first-order chi connectivity index (χ1) is 8.70. The molecule has 0 unspecified atom stereocenters. The highest BCUT2D eigenvalue weighted by atomic mass is 16.5. The van der Waals surface area contributed by atoms with Crippen LogP contribution in [0.25, 0.3) is 0 Å². The molecule has 2 rings (SSSR count). The second kappa shape index (κ2) is 5.82. The molecule has 0 aromatic carbocycles. The minimum atomic E-state index is -0.0851. The monoisotopic (exact) mass is 249 g/mol. The smallest absolute Gasteiger partial charge is 0.308 e. The molecule has 1 aromatic heterocycles. The second-order valence-corrected chi connectivity index (χ2v) is 4.65. The summed E-state index contributed by atoms with van der Waals surface area (Å²) in [6.45, 7) is 2.63. The number of pyridine rings is 1. The zero-order valence-electron chi connectivity index (χ0n) is 10.6. The number of aromatic nitrogens is 1. The van der Waals surface area contributed by atoms with Crippen LogP contribution in [0.4, 0.5) is 5.69 Å². The van der Waals surface area contributed by atoms with Gasteiger partial charge in [0.05, 0.1) is 24.9 Å². The molecule has 5 heteroatoms. The molecule has 0 atom stereocenters. The molecule has 1 aliphatic heterocycles. The van der Waals surface area contributed by atoms with Crippen LogP contribution in [-0.4, -0.2) is 36.1 Å². The number of nitrogen functional groups attached to an aromatic ring is 1. The Morgan fingerprint density at radius 1 is 1.56 bits per heavy atom. The van der Waals surface area contributed by atoms with Crippen molar-refractivity contribution >= 4 is 11.7 Å². The number of ether oxygens (including phenoxy) is 1. The number of nitrogens with zero attached hydrogens (tertiary/aromatic N) is 2. The minimum Gasteiger partial charge on any atom is -0.469 e. The predicted molar refractivity (Wildman–Crippen MR) is 68.7 cm³/mol. The van der Waals surface area contributed by atoms with E-state index < -0.39 is 0 Å². The average molecular weight is 249 g/mol. The van der Waals surface area contributed by atoms with E-state index in [1.807, 2.05) is 6.07 Å². The Morgan fingerprint density at radius 3 is 2.89 bits per heavy atom. The number of carbonyl (C=O) groups is 1. The molecule has 2 heterocycles. The molecule has 0 spiro atoms. The molecule has 98 valence electrons. The van der Waals surface area contributed by atoms with Crippen LogP contribution in [0.5, 0.6) is 0 Å². The van der Waals surface area contributed by atoms with Gasteiger partial charge in [-0.3, -0.25) is 14.7 Å². The SMILES string of the molecule is COC(=O)C1CCN(Cc2ccncc2N)CC1. The Bertz CT molecular complexity index is 414. The average Bonchev–Trinajstić information content (AvgIpc) is 2.41. The maximum absolute atomic E-state index is 11.4. The van der Waals surface area contributed by atoms with E-state index in [0.29, 0.717) is 0 Å². The van der Waals surface area contributed by atoms with E-state index in [1.165, 1.54) is 7.11 Å². The van der Waals surface area contributed by atoms with Crippen LogP contribution in [0.15, 0.2) is 18.5 Å². The fourth-order valence-electron chi connectivity index (χ4n) is 2.31. The summed E-state index contributed by atoms with van der Waals surface area (Å²) >= 11 is 0. The van der Waals surface area contributed by atoms with Crippen molar-refractivity contribution in [3.63, 3.8) is 0 Å². The van der Waals surface area contributed by atoms with Gasteiger partial charge in [-0.05, 0) is 37.6 Å². The summed E-state index contributed by atoms with van der Waals surface area (Å²) in [4.78, 5) is 17.7. The molecule has 1 aliphatic rings. The number of rotatable bonds is 3. The van der Waals surface area contributed by atoms with Crippen molar-refractivity contribution in [2.75, 3.05) is 25.9 Å². The summed E-state index contributed by atoms with van der Waals surface area (Å²) in [6, 6.07) is 1.95. The Balaban J connectivity index is 1.87. The Kier molecular flexibility index (Phi) is 4.15. The molecule has 2 N–H and O–H groups in total. The van der Waals surface area contributed by atoms with E-state index in [2.05, 4.69) is 9.88 Å². The van der Waals surface area contributed by atoms with Crippen molar-refractivity contribution in [1.29, 1.82) is 0 Å². The first-order valence-electron chi connectivity index (χ1n) is 6.19. The molecule has 0 bridgehead atoms. The van der Waals surface area contributed by atoms with E-state index in [9.17, 15) is 4.79 Å². The van der Waals surface area contributed by atoms with Gasteiger partial charge in [-0.15, -0.1) is 0 Å². The normalized spacial score (nSPS) is 17.6. The Hall–Kier alpha value is -1.62. The highest BCUT2D eigenvalue weighted by Gasteiger charge is 2.25. The summed E-state index contributed by atoms with van der Waals surface area (Å²) < 4.78 is 4.78. The number of esters is 1. The topological polar surface area (TPSA) is 68.5 Å². The van der Waals surface area contributed by atoms with Gasteiger partial charge in [0, 0.05) is 12.7 Å². The lowest BCUT2D eigenvalue weighted by Crippen LogP contribution is -2.36. The summed E-state index contributed by atoms with van der Waals surface area (Å²) in [7, 11) is 1.45. The summed E-state index contributed by atoms with van der Waals surface area (Å²) in [5.74, 6) is -0.0286. The largest absolute Gasteiger partial charge is 0.469 e. The summed E-state index contributed by atoms with van der Waals surface area (Å²) in [5.41, 5.74) is 7.70. The molecule has 1 aromatic rings. The lowest BCUT2D eigenvalue weighted by atomic mass is 9.96. The molecule has 18 heavy (non-hydrogen) atoms. The number of likely N-dealkylation sites (tertiary alicyclic amines) is 1. The van der Waals surface area contributed by atoms with E-state index in [-0.39, 0.29) is 11.9 Å². The standard InChI is InChI=1S/C13H19N3O2/c1-18-13(17)10-3-6-16(7-4-10)9-11-2-5-15-8-12(11)14/h2,5,8,10H,3-4,6-7,9,14H2,1H3. The maximum atomic E-state index is 11.4. The van der Waals surface area contributed by atoms with Crippen molar-refractivity contribution in [3.05, 3.63) is 24.0 Å². The second-order valence-electron chi connectivity index (χ2n) is 4.65. The van der Waals surface area contributed by atoms with Gasteiger partial charge in [-0.1, -0.05) is 0 Å². The molecule has 5 nitrogen and oxygen atoms in total. The summed E-state index contributed by atoms with van der Waals surface area (Å²) in [5, 5.41) is 0. The van der Waals surface area contributed by atoms with Crippen LogP contribution in [0.3, 0.4) is 0 Å². The van der Waals surface area contributed by atoms with Gasteiger partial charge in [0.25, 0.3) is 0 Å². The minimum absolute atomic E-state index is 0.0565. The lowest BCUT2D eigenvalue weighted by molar-refractivity contribution is -0.147. The van der Waals surface area contributed by atoms with Crippen molar-refractivity contribution in [3.8, 4) is 0 Å². The van der Waals surface area contributed by atoms with Crippen LogP contribution in [-0.2, 0) is 16.1 Å². The fraction of sp³-hybridized carbons (Fsp3) is 0.538. The Labute approximate surface area is 107 Å². The van der Waals surface area contributed by atoms with Crippen LogP contribution in [0.1, 0.15) is 18.4 Å². The van der Waals surface area contributed by atoms with Gasteiger partial charge < -0.3 is 10.5 Å². The van der Waals surface area contributed by atoms with Crippen molar-refractivity contribution < 1.29 is 9.53 Å². The molecule has 0 saturated carbocycles. The van der Waals surface area contributed by atoms with Gasteiger partial charge >= 0.3 is 5.97 Å². The highest BCUT2D eigenvalue weighted by Crippen LogP contribution is 2.21. The van der Waals surface area contributed by atoms with Crippen LogP contribution >= 0.6 is 0 Å². The number of hydrogen-bond acceptors (Lipinski definition) is 5. The number of piperidine rings is 1. The van der Waals surface area contributed by atoms with E-state index >= 15 is 0 Å².